The minimum atomic E-state index is -0.516. The molecular weight excluding hydrogens is 313 g/mol. The molecule has 0 unspecified atom stereocenters. The first kappa shape index (κ1) is 16.1. The van der Waals surface area contributed by atoms with Gasteiger partial charge in [-0.15, -0.1) is 10.2 Å². The number of aromatic nitrogens is 3. The van der Waals surface area contributed by atoms with Gasteiger partial charge in [0, 0.05) is 24.8 Å². The molecule has 1 aromatic carbocycles. The molecule has 0 spiro atoms. The normalized spacial score (nSPS) is 14.4. The number of benzene rings is 1. The Morgan fingerprint density at radius 1 is 1.29 bits per heavy atom. The monoisotopic (exact) mass is 331 g/mol. The zero-order chi connectivity index (χ0) is 17.3. The second-order valence-corrected chi connectivity index (χ2v) is 5.72. The van der Waals surface area contributed by atoms with Crippen molar-refractivity contribution in [1.82, 2.24) is 20.1 Å². The topological polar surface area (TPSA) is 80.1 Å². The van der Waals surface area contributed by atoms with E-state index in [9.17, 15) is 14.0 Å². The van der Waals surface area contributed by atoms with Gasteiger partial charge >= 0.3 is 0 Å². The lowest BCUT2D eigenvalue weighted by molar-refractivity contribution is 0.0930. The van der Waals surface area contributed by atoms with E-state index in [0.717, 1.165) is 6.42 Å². The predicted molar refractivity (Wildman–Crippen MR) is 86.9 cm³/mol. The molecule has 1 aliphatic heterocycles. The van der Waals surface area contributed by atoms with E-state index in [1.807, 2.05) is 13.8 Å². The standard InChI is InChI=1S/C16H18FN5O2/c1-3-10(2)18-14(23)13-15(24)22-9-8-21(16(22)20-19-13)12-6-4-11(17)5-7-12/h4-7,10H,3,8-9H2,1-2H3,(H,18,23)/t10-/m0/s1. The van der Waals surface area contributed by atoms with E-state index in [1.54, 1.807) is 17.0 Å². The number of carbonyl (C=O) groups excluding carboxylic acids is 1. The van der Waals surface area contributed by atoms with Crippen LogP contribution < -0.4 is 15.8 Å². The summed E-state index contributed by atoms with van der Waals surface area (Å²) in [5.74, 6) is -0.498. The molecule has 1 N–H and O–H groups in total. The van der Waals surface area contributed by atoms with Crippen molar-refractivity contribution < 1.29 is 9.18 Å². The van der Waals surface area contributed by atoms with Gasteiger partial charge in [-0.2, -0.15) is 0 Å². The summed E-state index contributed by atoms with van der Waals surface area (Å²) in [6.45, 7) is 4.69. The van der Waals surface area contributed by atoms with E-state index in [1.165, 1.54) is 16.7 Å². The molecule has 3 rings (SSSR count). The number of nitrogens with zero attached hydrogens (tertiary/aromatic N) is 4. The Bertz CT molecular complexity index is 818. The highest BCUT2D eigenvalue weighted by atomic mass is 19.1. The Hall–Kier alpha value is -2.77. The summed E-state index contributed by atoms with van der Waals surface area (Å²) >= 11 is 0. The average molecular weight is 331 g/mol. The summed E-state index contributed by atoms with van der Waals surface area (Å²) in [5, 5.41) is 10.6. The Morgan fingerprint density at radius 2 is 2.00 bits per heavy atom. The number of nitrogens with one attached hydrogen (secondary N) is 1. The lowest BCUT2D eigenvalue weighted by Crippen LogP contribution is -2.38. The Labute approximate surface area is 138 Å². The van der Waals surface area contributed by atoms with Crippen LogP contribution in [0.5, 0.6) is 0 Å². The molecular formula is C16H18FN5O2. The van der Waals surface area contributed by atoms with Gasteiger partial charge in [-0.25, -0.2) is 4.39 Å². The van der Waals surface area contributed by atoms with Gasteiger partial charge in [0.15, 0.2) is 0 Å². The average Bonchev–Trinajstić information content (AvgIpc) is 3.00. The zero-order valence-corrected chi connectivity index (χ0v) is 13.5. The number of amides is 1. The van der Waals surface area contributed by atoms with Crippen molar-refractivity contribution in [3.05, 3.63) is 46.1 Å². The third kappa shape index (κ3) is 2.86. The van der Waals surface area contributed by atoms with E-state index < -0.39 is 11.5 Å². The maximum Gasteiger partial charge on any atom is 0.286 e. The minimum absolute atomic E-state index is 0.0485. The van der Waals surface area contributed by atoms with Crippen molar-refractivity contribution in [2.45, 2.75) is 32.9 Å². The van der Waals surface area contributed by atoms with Crippen LogP contribution in [-0.2, 0) is 6.54 Å². The molecule has 2 heterocycles. The van der Waals surface area contributed by atoms with Crippen LogP contribution in [0.1, 0.15) is 30.8 Å². The van der Waals surface area contributed by atoms with Gasteiger partial charge in [0.25, 0.3) is 11.5 Å². The van der Waals surface area contributed by atoms with Crippen LogP contribution in [0, 0.1) is 5.82 Å². The van der Waals surface area contributed by atoms with Crippen LogP contribution in [0.15, 0.2) is 29.1 Å². The van der Waals surface area contributed by atoms with Crippen molar-refractivity contribution in [3.63, 3.8) is 0 Å². The molecule has 24 heavy (non-hydrogen) atoms. The molecule has 1 aliphatic rings. The highest BCUT2D eigenvalue weighted by Gasteiger charge is 2.27. The van der Waals surface area contributed by atoms with Crippen molar-refractivity contribution in [2.75, 3.05) is 11.4 Å². The number of carbonyl (C=O) groups is 1. The summed E-state index contributed by atoms with van der Waals surface area (Å²) in [6, 6.07) is 5.86. The number of fused-ring (bicyclic) bond motifs is 1. The number of rotatable bonds is 4. The lowest BCUT2D eigenvalue weighted by Gasteiger charge is -2.16. The van der Waals surface area contributed by atoms with Crippen molar-refractivity contribution in [2.24, 2.45) is 0 Å². The Morgan fingerprint density at radius 3 is 2.67 bits per heavy atom. The van der Waals surface area contributed by atoms with Crippen LogP contribution in [0.4, 0.5) is 16.0 Å². The van der Waals surface area contributed by atoms with E-state index in [-0.39, 0.29) is 17.6 Å². The van der Waals surface area contributed by atoms with Gasteiger partial charge < -0.3 is 10.2 Å². The van der Waals surface area contributed by atoms with Crippen molar-refractivity contribution >= 4 is 17.5 Å². The number of halogens is 1. The fourth-order valence-corrected chi connectivity index (χ4v) is 2.51. The predicted octanol–water partition coefficient (Wildman–Crippen LogP) is 1.46. The van der Waals surface area contributed by atoms with Crippen LogP contribution in [0.3, 0.4) is 0 Å². The zero-order valence-electron chi connectivity index (χ0n) is 13.5. The van der Waals surface area contributed by atoms with Crippen LogP contribution in [0.25, 0.3) is 0 Å². The second kappa shape index (κ2) is 6.38. The van der Waals surface area contributed by atoms with E-state index >= 15 is 0 Å². The lowest BCUT2D eigenvalue weighted by atomic mass is 10.2. The largest absolute Gasteiger partial charge is 0.348 e. The van der Waals surface area contributed by atoms with Gasteiger partial charge in [0.1, 0.15) is 5.82 Å². The number of hydrogen-bond acceptors (Lipinski definition) is 5. The Balaban J connectivity index is 1.92. The maximum absolute atomic E-state index is 13.1. The maximum atomic E-state index is 13.1. The van der Waals surface area contributed by atoms with Crippen molar-refractivity contribution in [3.8, 4) is 0 Å². The number of anilines is 2. The summed E-state index contributed by atoms with van der Waals surface area (Å²) < 4.78 is 14.5. The first-order valence-electron chi connectivity index (χ1n) is 7.82. The molecule has 0 radical (unpaired) electrons. The van der Waals surface area contributed by atoms with Crippen LogP contribution in [-0.4, -0.2) is 33.3 Å². The fourth-order valence-electron chi connectivity index (χ4n) is 2.51. The Kier molecular flexibility index (Phi) is 4.28. The first-order valence-corrected chi connectivity index (χ1v) is 7.82. The first-order chi connectivity index (χ1) is 11.5. The van der Waals surface area contributed by atoms with Crippen molar-refractivity contribution in [1.29, 1.82) is 0 Å². The molecule has 1 aromatic heterocycles. The molecule has 1 atom stereocenters. The van der Waals surface area contributed by atoms with Gasteiger partial charge in [-0.1, -0.05) is 6.92 Å². The van der Waals surface area contributed by atoms with Gasteiger partial charge in [0.05, 0.1) is 0 Å². The summed E-state index contributed by atoms with van der Waals surface area (Å²) in [4.78, 5) is 26.4. The van der Waals surface area contributed by atoms with Gasteiger partial charge in [-0.3, -0.25) is 14.2 Å². The molecule has 0 fully saturated rings. The van der Waals surface area contributed by atoms with Gasteiger partial charge in [0.2, 0.25) is 11.6 Å². The number of hydrogen-bond donors (Lipinski definition) is 1. The quantitative estimate of drug-likeness (QED) is 0.917. The molecule has 7 nitrogen and oxygen atoms in total. The van der Waals surface area contributed by atoms with Crippen LogP contribution in [0.2, 0.25) is 0 Å². The minimum Gasteiger partial charge on any atom is -0.348 e. The second-order valence-electron chi connectivity index (χ2n) is 5.72. The smallest absolute Gasteiger partial charge is 0.286 e. The molecule has 126 valence electrons. The highest BCUT2D eigenvalue weighted by molar-refractivity contribution is 5.92. The molecule has 0 saturated heterocycles. The molecule has 2 aromatic rings. The van der Waals surface area contributed by atoms with E-state index in [0.29, 0.717) is 24.7 Å². The summed E-state index contributed by atoms with van der Waals surface area (Å²) in [7, 11) is 0. The molecule has 0 saturated carbocycles. The molecule has 0 aliphatic carbocycles. The molecule has 0 bridgehead atoms. The van der Waals surface area contributed by atoms with Crippen LogP contribution >= 0.6 is 0 Å². The van der Waals surface area contributed by atoms with E-state index in [4.69, 9.17) is 0 Å². The van der Waals surface area contributed by atoms with E-state index in [2.05, 4.69) is 15.5 Å². The highest BCUT2D eigenvalue weighted by Crippen LogP contribution is 2.26. The SMILES string of the molecule is CC[C@H](C)NC(=O)c1nnc2n(c1=O)CCN2c1ccc(F)cc1. The third-order valence-electron chi connectivity index (χ3n) is 4.06. The summed E-state index contributed by atoms with van der Waals surface area (Å²) in [6.07, 6.45) is 0.754. The van der Waals surface area contributed by atoms with Gasteiger partial charge in [-0.05, 0) is 37.6 Å². The third-order valence-corrected chi connectivity index (χ3v) is 4.06. The molecule has 8 heteroatoms. The fraction of sp³-hybridized carbons (Fsp3) is 0.375. The summed E-state index contributed by atoms with van der Waals surface area (Å²) in [5.41, 5.74) is 0.0403. The molecule has 1 amide bonds.